The second kappa shape index (κ2) is 9.91. The van der Waals surface area contributed by atoms with Crippen LogP contribution in [-0.2, 0) is 14.9 Å². The van der Waals surface area contributed by atoms with E-state index in [1.165, 1.54) is 12.1 Å². The Kier molecular flexibility index (Phi) is 7.59. The van der Waals surface area contributed by atoms with Crippen LogP contribution in [0.3, 0.4) is 0 Å². The summed E-state index contributed by atoms with van der Waals surface area (Å²) in [6.45, 7) is 1.46. The van der Waals surface area contributed by atoms with Crippen molar-refractivity contribution in [3.05, 3.63) is 64.7 Å². The molecule has 29 heavy (non-hydrogen) atoms. The Morgan fingerprint density at radius 3 is 2.17 bits per heavy atom. The summed E-state index contributed by atoms with van der Waals surface area (Å²) in [5.41, 5.74) is 1.54. The van der Waals surface area contributed by atoms with E-state index in [0.717, 1.165) is 11.3 Å². The van der Waals surface area contributed by atoms with Crippen molar-refractivity contribution in [1.82, 2.24) is 5.01 Å². The van der Waals surface area contributed by atoms with Crippen LogP contribution in [0.1, 0.15) is 18.1 Å². The van der Waals surface area contributed by atoms with E-state index in [0.29, 0.717) is 21.9 Å². The van der Waals surface area contributed by atoms with Gasteiger partial charge in [0.1, 0.15) is 12.3 Å². The van der Waals surface area contributed by atoms with E-state index in [2.05, 4.69) is 5.10 Å². The van der Waals surface area contributed by atoms with Crippen LogP contribution in [0, 0.1) is 11.3 Å². The van der Waals surface area contributed by atoms with Crippen LogP contribution in [0.25, 0.3) is 0 Å². The number of rotatable bonds is 7. The van der Waals surface area contributed by atoms with Gasteiger partial charge >= 0.3 is 16.2 Å². The van der Waals surface area contributed by atoms with Crippen LogP contribution in [0.5, 0.6) is 5.75 Å². The molecule has 0 unspecified atom stereocenters. The number of ether oxygens (including phenoxy) is 1. The maximum Gasteiger partial charge on any atom is 0.431 e. The van der Waals surface area contributed by atoms with Gasteiger partial charge in [-0.2, -0.15) is 23.8 Å². The summed E-state index contributed by atoms with van der Waals surface area (Å²) < 4.78 is 32.3. The molecule has 152 valence electrons. The molecule has 0 saturated carbocycles. The number of amides is 1. The first kappa shape index (κ1) is 22.2. The highest BCUT2D eigenvalue weighted by atomic mass is 35.5. The average Bonchev–Trinajstić information content (AvgIpc) is 2.66. The van der Waals surface area contributed by atoms with Gasteiger partial charge < -0.3 is 8.92 Å². The fourth-order valence-electron chi connectivity index (χ4n) is 2.26. The standard InChI is InChI=1S/C19H18ClN3O5S/c1-3-27-19(24)23(13-12-21)22-18(14-4-8-16(20)9-5-14)15-6-10-17(11-7-15)28-29(2,25)26/h4-11H,3,13H2,1-2H3. The van der Waals surface area contributed by atoms with Crippen LogP contribution >= 0.6 is 11.6 Å². The van der Waals surface area contributed by atoms with Gasteiger partial charge in [0.15, 0.2) is 0 Å². The highest BCUT2D eigenvalue weighted by Gasteiger charge is 2.17. The minimum absolute atomic E-state index is 0.129. The minimum Gasteiger partial charge on any atom is -0.448 e. The van der Waals surface area contributed by atoms with E-state index in [4.69, 9.17) is 25.8 Å². The Morgan fingerprint density at radius 1 is 1.14 bits per heavy atom. The third kappa shape index (κ3) is 6.78. The lowest BCUT2D eigenvalue weighted by atomic mass is 10.0. The van der Waals surface area contributed by atoms with Crippen LogP contribution in [0.15, 0.2) is 53.6 Å². The van der Waals surface area contributed by atoms with Gasteiger partial charge in [0.25, 0.3) is 0 Å². The molecule has 0 saturated heterocycles. The smallest absolute Gasteiger partial charge is 0.431 e. The minimum atomic E-state index is -3.66. The molecule has 2 aromatic rings. The van der Waals surface area contributed by atoms with Gasteiger partial charge in [-0.15, -0.1) is 0 Å². The van der Waals surface area contributed by atoms with Crippen molar-refractivity contribution in [1.29, 1.82) is 5.26 Å². The number of benzene rings is 2. The lowest BCUT2D eigenvalue weighted by Gasteiger charge is -2.16. The molecule has 0 atom stereocenters. The van der Waals surface area contributed by atoms with Gasteiger partial charge in [-0.1, -0.05) is 23.7 Å². The Labute approximate surface area is 174 Å². The number of nitrogens with zero attached hydrogens (tertiary/aromatic N) is 3. The first-order valence-electron chi connectivity index (χ1n) is 8.39. The number of carbonyl (C=O) groups excluding carboxylic acids is 1. The zero-order chi connectivity index (χ0) is 21.4. The molecule has 0 aliphatic carbocycles. The molecule has 1 amide bonds. The molecule has 0 spiro atoms. The molecule has 0 aromatic heterocycles. The lowest BCUT2D eigenvalue weighted by molar-refractivity contribution is 0.113. The average molecular weight is 436 g/mol. The van der Waals surface area contributed by atoms with E-state index in [1.54, 1.807) is 43.3 Å². The normalized spacial score (nSPS) is 11.4. The third-order valence-corrected chi connectivity index (χ3v) is 4.16. The van der Waals surface area contributed by atoms with Gasteiger partial charge in [0.2, 0.25) is 0 Å². The molecule has 0 aliphatic heterocycles. The summed E-state index contributed by atoms with van der Waals surface area (Å²) in [5.74, 6) is 0.131. The van der Waals surface area contributed by atoms with E-state index >= 15 is 0 Å². The number of hydrogen-bond donors (Lipinski definition) is 0. The van der Waals surface area contributed by atoms with Crippen LogP contribution < -0.4 is 4.18 Å². The summed E-state index contributed by atoms with van der Waals surface area (Å²) in [6, 6.07) is 14.7. The molecule has 0 N–H and O–H groups in total. The number of hydrazone groups is 1. The zero-order valence-corrected chi connectivity index (χ0v) is 17.3. The topological polar surface area (TPSA) is 109 Å². The van der Waals surface area contributed by atoms with Gasteiger partial charge in [-0.05, 0) is 43.3 Å². The summed E-state index contributed by atoms with van der Waals surface area (Å²) in [6.07, 6.45) is 0.179. The Hall–Kier alpha value is -3.09. The summed E-state index contributed by atoms with van der Waals surface area (Å²) >= 11 is 5.95. The van der Waals surface area contributed by atoms with Gasteiger partial charge in [-0.3, -0.25) is 0 Å². The molecule has 10 heteroatoms. The van der Waals surface area contributed by atoms with Crippen molar-refractivity contribution in [3.63, 3.8) is 0 Å². The Balaban J connectivity index is 2.51. The molecule has 0 radical (unpaired) electrons. The molecule has 2 aromatic carbocycles. The number of nitriles is 1. The largest absolute Gasteiger partial charge is 0.448 e. The second-order valence-corrected chi connectivity index (χ2v) is 7.69. The van der Waals surface area contributed by atoms with Crippen molar-refractivity contribution in [2.24, 2.45) is 5.10 Å². The van der Waals surface area contributed by atoms with Crippen LogP contribution in [0.2, 0.25) is 5.02 Å². The molecule has 8 nitrogen and oxygen atoms in total. The third-order valence-electron chi connectivity index (χ3n) is 3.41. The SMILES string of the molecule is CCOC(=O)N(CC#N)N=C(c1ccc(Cl)cc1)c1ccc(OS(C)(=O)=O)cc1. The zero-order valence-electron chi connectivity index (χ0n) is 15.7. The van der Waals surface area contributed by atoms with Crippen molar-refractivity contribution in [2.75, 3.05) is 19.4 Å². The van der Waals surface area contributed by atoms with Gasteiger partial charge in [0.05, 0.1) is 24.6 Å². The molecular formula is C19H18ClN3O5S. The van der Waals surface area contributed by atoms with Crippen LogP contribution in [0.4, 0.5) is 4.79 Å². The summed E-state index contributed by atoms with van der Waals surface area (Å²) in [4.78, 5) is 12.1. The van der Waals surface area contributed by atoms with E-state index in [1.807, 2.05) is 6.07 Å². The highest BCUT2D eigenvalue weighted by molar-refractivity contribution is 7.86. The molecule has 0 heterocycles. The second-order valence-electron chi connectivity index (χ2n) is 5.68. The summed E-state index contributed by atoms with van der Waals surface area (Å²) in [7, 11) is -3.66. The summed E-state index contributed by atoms with van der Waals surface area (Å²) in [5, 5.41) is 14.8. The number of hydrogen-bond acceptors (Lipinski definition) is 7. The maximum absolute atomic E-state index is 12.1. The van der Waals surface area contributed by atoms with Gasteiger partial charge in [0, 0.05) is 16.1 Å². The van der Waals surface area contributed by atoms with Crippen molar-refractivity contribution in [2.45, 2.75) is 6.92 Å². The van der Waals surface area contributed by atoms with E-state index in [-0.39, 0.29) is 18.9 Å². The molecule has 2 rings (SSSR count). The number of carbonyl (C=O) groups is 1. The fraction of sp³-hybridized carbons (Fsp3) is 0.211. The van der Waals surface area contributed by atoms with Gasteiger partial charge in [-0.25, -0.2) is 4.79 Å². The van der Waals surface area contributed by atoms with E-state index in [9.17, 15) is 13.2 Å². The van der Waals surface area contributed by atoms with E-state index < -0.39 is 16.2 Å². The molecule has 0 bridgehead atoms. The lowest BCUT2D eigenvalue weighted by Crippen LogP contribution is -2.29. The Bertz CT molecular complexity index is 1030. The monoisotopic (exact) mass is 435 g/mol. The quantitative estimate of drug-likeness (QED) is 0.285. The highest BCUT2D eigenvalue weighted by Crippen LogP contribution is 2.19. The molecule has 0 fully saturated rings. The maximum atomic E-state index is 12.1. The van der Waals surface area contributed by atoms with Crippen LogP contribution in [-0.4, -0.2) is 44.6 Å². The molecular weight excluding hydrogens is 418 g/mol. The molecule has 0 aliphatic rings. The predicted molar refractivity (Wildman–Crippen MR) is 108 cm³/mol. The predicted octanol–water partition coefficient (Wildman–Crippen LogP) is 3.41. The first-order chi connectivity index (χ1) is 13.7. The van der Waals surface area contributed by atoms with Crippen molar-refractivity contribution >= 4 is 33.5 Å². The number of halogens is 1. The first-order valence-corrected chi connectivity index (χ1v) is 10.6. The Morgan fingerprint density at radius 2 is 1.69 bits per heavy atom. The van der Waals surface area contributed by atoms with Crippen molar-refractivity contribution < 1.29 is 22.1 Å². The van der Waals surface area contributed by atoms with Crippen molar-refractivity contribution in [3.8, 4) is 11.8 Å². The fourth-order valence-corrected chi connectivity index (χ4v) is 2.85.